The Bertz CT molecular complexity index is 514. The number of amides is 1. The molecule has 1 aliphatic heterocycles. The van der Waals surface area contributed by atoms with Crippen LogP contribution in [-0.2, 0) is 9.59 Å². The number of benzene rings is 1. The van der Waals surface area contributed by atoms with E-state index in [1.54, 1.807) is 4.90 Å². The van der Waals surface area contributed by atoms with E-state index in [9.17, 15) is 9.59 Å². The number of piperidine rings is 1. The number of allylic oxidation sites excluding steroid dienone is 1. The van der Waals surface area contributed by atoms with E-state index in [0.717, 1.165) is 12.7 Å². The van der Waals surface area contributed by atoms with E-state index in [-0.39, 0.29) is 18.4 Å². The van der Waals surface area contributed by atoms with Gasteiger partial charge in [0.05, 0.1) is 6.54 Å². The van der Waals surface area contributed by atoms with Crippen molar-refractivity contribution >= 4 is 18.3 Å². The van der Waals surface area contributed by atoms with Crippen molar-refractivity contribution in [1.29, 1.82) is 0 Å². The molecule has 1 atom stereocenters. The molecule has 1 aromatic carbocycles. The monoisotopic (exact) mass is 271 g/mol. The van der Waals surface area contributed by atoms with Gasteiger partial charge in [0.2, 0.25) is 5.91 Å². The van der Waals surface area contributed by atoms with Crippen LogP contribution < -0.4 is 0 Å². The van der Waals surface area contributed by atoms with Crippen molar-refractivity contribution in [1.82, 2.24) is 4.90 Å². The molecule has 0 saturated carbocycles. The zero-order valence-electron chi connectivity index (χ0n) is 12.1. The highest BCUT2D eigenvalue weighted by Crippen LogP contribution is 2.22. The molecular formula is C17H21NO2. The Hall–Kier alpha value is -1.90. The summed E-state index contributed by atoms with van der Waals surface area (Å²) < 4.78 is 0. The Labute approximate surface area is 120 Å². The maximum Gasteiger partial charge on any atom is 0.223 e. The first-order valence-electron chi connectivity index (χ1n) is 7.07. The molecular weight excluding hydrogens is 250 g/mol. The summed E-state index contributed by atoms with van der Waals surface area (Å²) in [4.78, 5) is 24.0. The van der Waals surface area contributed by atoms with Gasteiger partial charge >= 0.3 is 0 Å². The van der Waals surface area contributed by atoms with Crippen molar-refractivity contribution in [2.24, 2.45) is 5.92 Å². The number of aldehydes is 1. The van der Waals surface area contributed by atoms with Crippen LogP contribution in [0.2, 0.25) is 0 Å². The SMILES string of the molecule is Cc1cccc(C)c1C=CC1CCN(CC=O)C(=O)C1. The minimum absolute atomic E-state index is 0.0829. The number of hydrogen-bond donors (Lipinski definition) is 0. The molecule has 20 heavy (non-hydrogen) atoms. The molecule has 3 heteroatoms. The van der Waals surface area contributed by atoms with Gasteiger partial charge in [0.1, 0.15) is 6.29 Å². The lowest BCUT2D eigenvalue weighted by Gasteiger charge is -2.28. The fraction of sp³-hybridized carbons (Fsp3) is 0.412. The van der Waals surface area contributed by atoms with Gasteiger partial charge in [-0.3, -0.25) is 4.79 Å². The van der Waals surface area contributed by atoms with Crippen molar-refractivity contribution in [2.45, 2.75) is 26.7 Å². The van der Waals surface area contributed by atoms with E-state index in [1.165, 1.54) is 16.7 Å². The fourth-order valence-electron chi connectivity index (χ4n) is 2.67. The first-order chi connectivity index (χ1) is 9.61. The summed E-state index contributed by atoms with van der Waals surface area (Å²) in [6.07, 6.45) is 6.52. The lowest BCUT2D eigenvalue weighted by atomic mass is 9.93. The first kappa shape index (κ1) is 14.5. The van der Waals surface area contributed by atoms with Crippen LogP contribution in [0.1, 0.15) is 29.5 Å². The summed E-state index contributed by atoms with van der Waals surface area (Å²) in [5, 5.41) is 0. The van der Waals surface area contributed by atoms with Crippen LogP contribution in [0.25, 0.3) is 6.08 Å². The lowest BCUT2D eigenvalue weighted by Crippen LogP contribution is -2.39. The summed E-state index contributed by atoms with van der Waals surface area (Å²) >= 11 is 0. The molecule has 2 rings (SSSR count). The Balaban J connectivity index is 2.03. The van der Waals surface area contributed by atoms with Gasteiger partial charge in [-0.25, -0.2) is 0 Å². The van der Waals surface area contributed by atoms with Gasteiger partial charge in [-0.2, -0.15) is 0 Å². The van der Waals surface area contributed by atoms with Crippen LogP contribution >= 0.6 is 0 Å². The smallest absolute Gasteiger partial charge is 0.223 e. The van der Waals surface area contributed by atoms with Crippen LogP contribution in [-0.4, -0.2) is 30.2 Å². The van der Waals surface area contributed by atoms with E-state index in [0.29, 0.717) is 13.0 Å². The fourth-order valence-corrected chi connectivity index (χ4v) is 2.67. The topological polar surface area (TPSA) is 37.4 Å². The van der Waals surface area contributed by atoms with E-state index in [2.05, 4.69) is 44.2 Å². The molecule has 0 aliphatic carbocycles. The quantitative estimate of drug-likeness (QED) is 0.790. The molecule has 0 aromatic heterocycles. The number of likely N-dealkylation sites (tertiary alicyclic amines) is 1. The first-order valence-corrected chi connectivity index (χ1v) is 7.07. The minimum atomic E-state index is 0.0829. The normalized spacial score (nSPS) is 19.6. The molecule has 1 aromatic rings. The molecule has 0 bridgehead atoms. The van der Waals surface area contributed by atoms with E-state index >= 15 is 0 Å². The minimum Gasteiger partial charge on any atom is -0.336 e. The lowest BCUT2D eigenvalue weighted by molar-refractivity contribution is -0.136. The van der Waals surface area contributed by atoms with E-state index < -0.39 is 0 Å². The maximum absolute atomic E-state index is 11.9. The summed E-state index contributed by atoms with van der Waals surface area (Å²) in [5.74, 6) is 0.365. The van der Waals surface area contributed by atoms with Gasteiger partial charge in [-0.05, 0) is 42.9 Å². The van der Waals surface area contributed by atoms with Crippen molar-refractivity contribution < 1.29 is 9.59 Å². The number of hydrogen-bond acceptors (Lipinski definition) is 2. The second kappa shape index (κ2) is 6.51. The van der Waals surface area contributed by atoms with Gasteiger partial charge in [-0.15, -0.1) is 0 Å². The number of rotatable bonds is 4. The average molecular weight is 271 g/mol. The van der Waals surface area contributed by atoms with Crippen LogP contribution in [0.4, 0.5) is 0 Å². The third-order valence-electron chi connectivity index (χ3n) is 3.93. The van der Waals surface area contributed by atoms with Crippen molar-refractivity contribution in [3.8, 4) is 0 Å². The highest BCUT2D eigenvalue weighted by Gasteiger charge is 2.23. The predicted molar refractivity (Wildman–Crippen MR) is 80.3 cm³/mol. The van der Waals surface area contributed by atoms with Crippen molar-refractivity contribution in [3.05, 3.63) is 41.0 Å². The molecule has 1 saturated heterocycles. The Kier molecular flexibility index (Phi) is 4.72. The largest absolute Gasteiger partial charge is 0.336 e. The molecule has 0 N–H and O–H groups in total. The summed E-state index contributed by atoms with van der Waals surface area (Å²) in [6, 6.07) is 6.26. The van der Waals surface area contributed by atoms with Crippen LogP contribution in [0.15, 0.2) is 24.3 Å². The third-order valence-corrected chi connectivity index (χ3v) is 3.93. The second-order valence-corrected chi connectivity index (χ2v) is 5.42. The van der Waals surface area contributed by atoms with Crippen LogP contribution in [0.3, 0.4) is 0 Å². The average Bonchev–Trinajstić information content (AvgIpc) is 2.41. The maximum atomic E-state index is 11.9. The molecule has 1 fully saturated rings. The second-order valence-electron chi connectivity index (χ2n) is 5.42. The van der Waals surface area contributed by atoms with Gasteiger partial charge < -0.3 is 9.69 Å². The molecule has 1 unspecified atom stereocenters. The van der Waals surface area contributed by atoms with Crippen LogP contribution in [0.5, 0.6) is 0 Å². The predicted octanol–water partition coefficient (Wildman–Crippen LogP) is 2.75. The molecule has 0 radical (unpaired) electrons. The van der Waals surface area contributed by atoms with Gasteiger partial charge in [0.15, 0.2) is 0 Å². The van der Waals surface area contributed by atoms with Gasteiger partial charge in [-0.1, -0.05) is 30.4 Å². The van der Waals surface area contributed by atoms with E-state index in [4.69, 9.17) is 0 Å². The highest BCUT2D eigenvalue weighted by atomic mass is 16.2. The zero-order chi connectivity index (χ0) is 14.5. The molecule has 3 nitrogen and oxygen atoms in total. The zero-order valence-corrected chi connectivity index (χ0v) is 12.1. The van der Waals surface area contributed by atoms with Crippen molar-refractivity contribution in [3.63, 3.8) is 0 Å². The summed E-state index contributed by atoms with van der Waals surface area (Å²) in [5.41, 5.74) is 3.76. The number of carbonyl (C=O) groups is 2. The molecule has 1 amide bonds. The molecule has 106 valence electrons. The van der Waals surface area contributed by atoms with Gasteiger partial charge in [0, 0.05) is 13.0 Å². The van der Waals surface area contributed by atoms with Gasteiger partial charge in [0.25, 0.3) is 0 Å². The van der Waals surface area contributed by atoms with Crippen molar-refractivity contribution in [2.75, 3.05) is 13.1 Å². The Morgan fingerprint density at radius 1 is 1.30 bits per heavy atom. The number of aryl methyl sites for hydroxylation is 2. The molecule has 1 aliphatic rings. The highest BCUT2D eigenvalue weighted by molar-refractivity contribution is 5.79. The van der Waals surface area contributed by atoms with Crippen LogP contribution in [0, 0.1) is 19.8 Å². The molecule has 1 heterocycles. The third kappa shape index (κ3) is 3.35. The summed E-state index contributed by atoms with van der Waals surface area (Å²) in [7, 11) is 0. The Morgan fingerprint density at radius 3 is 2.60 bits per heavy atom. The Morgan fingerprint density at radius 2 is 2.00 bits per heavy atom. The standard InChI is InChI=1S/C17H21NO2/c1-13-4-3-5-14(2)16(13)7-6-15-8-9-18(10-11-19)17(20)12-15/h3-7,11,15H,8-10,12H2,1-2H3. The summed E-state index contributed by atoms with van der Waals surface area (Å²) in [6.45, 7) is 5.11. The number of carbonyl (C=O) groups excluding carboxylic acids is 2. The van der Waals surface area contributed by atoms with E-state index in [1.807, 2.05) is 0 Å². The number of nitrogens with zero attached hydrogens (tertiary/aromatic N) is 1. The molecule has 0 spiro atoms.